The molecule has 0 fully saturated rings. The Labute approximate surface area is 141 Å². The van der Waals surface area contributed by atoms with Crippen molar-refractivity contribution >= 4 is 11.0 Å². The summed E-state index contributed by atoms with van der Waals surface area (Å²) in [6.45, 7) is 5.24. The molecule has 132 valence electrons. The second-order valence-electron chi connectivity index (χ2n) is 5.68. The van der Waals surface area contributed by atoms with Crippen molar-refractivity contribution in [3.05, 3.63) is 39.7 Å². The van der Waals surface area contributed by atoms with Crippen LogP contribution in [0.15, 0.2) is 27.4 Å². The van der Waals surface area contributed by atoms with Gasteiger partial charge in [-0.2, -0.15) is 0 Å². The third-order valence-corrected chi connectivity index (χ3v) is 4.03. The fourth-order valence-electron chi connectivity index (χ4n) is 2.67. The van der Waals surface area contributed by atoms with Crippen molar-refractivity contribution in [1.82, 2.24) is 4.90 Å². The summed E-state index contributed by atoms with van der Waals surface area (Å²) in [7, 11) is 3.33. The fraction of sp³-hybridized carbons (Fsp3) is 0.500. The van der Waals surface area contributed by atoms with Crippen LogP contribution in [0.1, 0.15) is 18.1 Å². The van der Waals surface area contributed by atoms with Crippen molar-refractivity contribution in [1.29, 1.82) is 0 Å². The lowest BCUT2D eigenvalue weighted by Gasteiger charge is -2.22. The molecule has 0 saturated heterocycles. The number of hydrogen-bond donors (Lipinski definition) is 1. The molecule has 24 heavy (non-hydrogen) atoms. The zero-order valence-electron chi connectivity index (χ0n) is 14.5. The Morgan fingerprint density at radius 3 is 2.33 bits per heavy atom. The van der Waals surface area contributed by atoms with Crippen LogP contribution in [-0.4, -0.2) is 50.5 Å². The van der Waals surface area contributed by atoms with E-state index in [1.807, 2.05) is 13.0 Å². The minimum atomic E-state index is -0.417. The largest absolute Gasteiger partial charge is 0.508 e. The number of ether oxygens (including phenoxy) is 2. The summed E-state index contributed by atoms with van der Waals surface area (Å²) in [5.74, 6) is 0.154. The summed E-state index contributed by atoms with van der Waals surface area (Å²) in [6, 6.07) is 4.94. The summed E-state index contributed by atoms with van der Waals surface area (Å²) in [5.41, 5.74) is 1.70. The first-order valence-corrected chi connectivity index (χ1v) is 8.07. The Hall–Kier alpha value is -1.89. The molecule has 0 atom stereocenters. The topological polar surface area (TPSA) is 72.1 Å². The zero-order chi connectivity index (χ0) is 17.5. The maximum atomic E-state index is 11.9. The molecular formula is C18H25NO5. The quantitative estimate of drug-likeness (QED) is 0.708. The number of methoxy groups -OCH3 is 2. The first-order valence-electron chi connectivity index (χ1n) is 8.07. The van der Waals surface area contributed by atoms with Gasteiger partial charge in [0, 0.05) is 51.4 Å². The van der Waals surface area contributed by atoms with Gasteiger partial charge < -0.3 is 19.0 Å². The van der Waals surface area contributed by atoms with Crippen molar-refractivity contribution in [2.45, 2.75) is 19.9 Å². The smallest absolute Gasteiger partial charge is 0.336 e. The first-order chi connectivity index (χ1) is 11.6. The Balaban J connectivity index is 2.39. The van der Waals surface area contributed by atoms with Crippen LogP contribution in [0.3, 0.4) is 0 Å². The van der Waals surface area contributed by atoms with Gasteiger partial charge in [0.2, 0.25) is 0 Å². The average molecular weight is 335 g/mol. The first kappa shape index (κ1) is 18.4. The normalized spacial score (nSPS) is 11.5. The van der Waals surface area contributed by atoms with Gasteiger partial charge in [0.15, 0.2) is 0 Å². The highest BCUT2D eigenvalue weighted by molar-refractivity contribution is 5.82. The molecule has 1 heterocycles. The van der Waals surface area contributed by atoms with Gasteiger partial charge in [0.25, 0.3) is 0 Å². The van der Waals surface area contributed by atoms with E-state index in [0.29, 0.717) is 31.8 Å². The monoisotopic (exact) mass is 335 g/mol. The molecule has 0 aliphatic rings. The highest BCUT2D eigenvalue weighted by Gasteiger charge is 2.13. The molecule has 1 N–H and O–H groups in total. The Bertz CT molecular complexity index is 717. The standard InChI is InChI=1S/C18H25NO5/c1-4-13-9-15-14(10-18(21)24-17(15)11-16(13)20)12-19(5-7-22-2)6-8-23-3/h9-11,20H,4-8,12H2,1-3H3. The number of phenols is 1. The maximum Gasteiger partial charge on any atom is 0.336 e. The summed E-state index contributed by atoms with van der Waals surface area (Å²) >= 11 is 0. The molecule has 0 spiro atoms. The van der Waals surface area contributed by atoms with Gasteiger partial charge in [-0.15, -0.1) is 0 Å². The second kappa shape index (κ2) is 8.82. The number of hydrogen-bond acceptors (Lipinski definition) is 6. The highest BCUT2D eigenvalue weighted by Crippen LogP contribution is 2.27. The Morgan fingerprint density at radius 1 is 1.08 bits per heavy atom. The predicted octanol–water partition coefficient (Wildman–Crippen LogP) is 2.16. The molecule has 2 rings (SSSR count). The van der Waals surface area contributed by atoms with Crippen LogP contribution in [-0.2, 0) is 22.4 Å². The van der Waals surface area contributed by atoms with E-state index in [-0.39, 0.29) is 5.75 Å². The van der Waals surface area contributed by atoms with Gasteiger partial charge in [0.05, 0.1) is 13.2 Å². The van der Waals surface area contributed by atoms with Crippen molar-refractivity contribution in [2.24, 2.45) is 0 Å². The number of aryl methyl sites for hydroxylation is 1. The van der Waals surface area contributed by atoms with E-state index >= 15 is 0 Å². The van der Waals surface area contributed by atoms with E-state index in [4.69, 9.17) is 13.9 Å². The number of benzene rings is 1. The van der Waals surface area contributed by atoms with Crippen molar-refractivity contribution in [3.8, 4) is 5.75 Å². The number of nitrogens with zero attached hydrogens (tertiary/aromatic N) is 1. The molecule has 6 nitrogen and oxygen atoms in total. The molecule has 6 heteroatoms. The van der Waals surface area contributed by atoms with E-state index in [2.05, 4.69) is 4.90 Å². The van der Waals surface area contributed by atoms with Crippen molar-refractivity contribution < 1.29 is 19.0 Å². The lowest BCUT2D eigenvalue weighted by atomic mass is 10.0. The van der Waals surface area contributed by atoms with E-state index in [9.17, 15) is 9.90 Å². The van der Waals surface area contributed by atoms with Crippen LogP contribution in [0, 0.1) is 0 Å². The van der Waals surface area contributed by atoms with Crippen LogP contribution in [0.4, 0.5) is 0 Å². The lowest BCUT2D eigenvalue weighted by Crippen LogP contribution is -2.30. The SMILES string of the molecule is CCc1cc2c(CN(CCOC)CCOC)cc(=O)oc2cc1O. The minimum absolute atomic E-state index is 0.154. The molecule has 2 aromatic rings. The van der Waals surface area contributed by atoms with E-state index in [0.717, 1.165) is 29.6 Å². The predicted molar refractivity (Wildman–Crippen MR) is 92.6 cm³/mol. The molecule has 0 radical (unpaired) electrons. The van der Waals surface area contributed by atoms with E-state index < -0.39 is 5.63 Å². The van der Waals surface area contributed by atoms with Crippen LogP contribution in [0.2, 0.25) is 0 Å². The number of aromatic hydroxyl groups is 1. The van der Waals surface area contributed by atoms with Crippen LogP contribution < -0.4 is 5.63 Å². The van der Waals surface area contributed by atoms with Crippen LogP contribution in [0.25, 0.3) is 11.0 Å². The third-order valence-electron chi connectivity index (χ3n) is 4.03. The second-order valence-corrected chi connectivity index (χ2v) is 5.68. The van der Waals surface area contributed by atoms with Crippen LogP contribution >= 0.6 is 0 Å². The van der Waals surface area contributed by atoms with Gasteiger partial charge in [-0.25, -0.2) is 4.79 Å². The molecule has 0 amide bonds. The lowest BCUT2D eigenvalue weighted by molar-refractivity contribution is 0.110. The van der Waals surface area contributed by atoms with Gasteiger partial charge in [-0.1, -0.05) is 6.92 Å². The van der Waals surface area contributed by atoms with Crippen molar-refractivity contribution in [2.75, 3.05) is 40.5 Å². The molecule has 0 saturated carbocycles. The average Bonchev–Trinajstić information content (AvgIpc) is 2.56. The summed E-state index contributed by atoms with van der Waals surface area (Å²) in [5, 5.41) is 10.8. The van der Waals surface area contributed by atoms with E-state index in [1.54, 1.807) is 14.2 Å². The van der Waals surface area contributed by atoms with Crippen LogP contribution in [0.5, 0.6) is 5.75 Å². The summed E-state index contributed by atoms with van der Waals surface area (Å²) in [6.07, 6.45) is 0.706. The minimum Gasteiger partial charge on any atom is -0.508 e. The van der Waals surface area contributed by atoms with Gasteiger partial charge >= 0.3 is 5.63 Å². The molecule has 0 aliphatic carbocycles. The maximum absolute atomic E-state index is 11.9. The Kier molecular flexibility index (Phi) is 6.78. The molecule has 0 bridgehead atoms. The Morgan fingerprint density at radius 2 is 1.75 bits per heavy atom. The molecule has 0 unspecified atom stereocenters. The van der Waals surface area contributed by atoms with E-state index in [1.165, 1.54) is 12.1 Å². The van der Waals surface area contributed by atoms with Gasteiger partial charge in [0.1, 0.15) is 11.3 Å². The molecular weight excluding hydrogens is 310 g/mol. The summed E-state index contributed by atoms with van der Waals surface area (Å²) in [4.78, 5) is 14.0. The molecule has 1 aromatic carbocycles. The van der Waals surface area contributed by atoms with Crippen molar-refractivity contribution in [3.63, 3.8) is 0 Å². The number of fused-ring (bicyclic) bond motifs is 1. The summed E-state index contributed by atoms with van der Waals surface area (Å²) < 4.78 is 15.6. The van der Waals surface area contributed by atoms with Gasteiger partial charge in [-0.3, -0.25) is 4.90 Å². The van der Waals surface area contributed by atoms with Gasteiger partial charge in [-0.05, 0) is 23.6 Å². The molecule has 0 aliphatic heterocycles. The fourth-order valence-corrected chi connectivity index (χ4v) is 2.67. The number of rotatable bonds is 9. The molecule has 1 aromatic heterocycles. The highest BCUT2D eigenvalue weighted by atomic mass is 16.5. The third kappa shape index (κ3) is 4.56. The number of phenolic OH excluding ortho intramolecular Hbond substituents is 1. The zero-order valence-corrected chi connectivity index (χ0v) is 14.5.